The van der Waals surface area contributed by atoms with Crippen LogP contribution in [0, 0.1) is 19.3 Å². The summed E-state index contributed by atoms with van der Waals surface area (Å²) in [5, 5.41) is 7.50. The summed E-state index contributed by atoms with van der Waals surface area (Å²) in [6.07, 6.45) is 2.13. The first kappa shape index (κ1) is 12.8. The second-order valence-electron chi connectivity index (χ2n) is 4.81. The van der Waals surface area contributed by atoms with Gasteiger partial charge in [-0.15, -0.1) is 0 Å². The lowest BCUT2D eigenvalue weighted by molar-refractivity contribution is 0.0956. The lowest BCUT2D eigenvalue weighted by Gasteiger charge is -2.17. The average Bonchev–Trinajstić information content (AvgIpc) is 2.75. The van der Waals surface area contributed by atoms with Crippen molar-refractivity contribution in [2.75, 3.05) is 6.61 Å². The Morgan fingerprint density at radius 3 is 2.89 bits per heavy atom. The molecule has 2 heterocycles. The first-order chi connectivity index (χ1) is 8.50. The van der Waals surface area contributed by atoms with Gasteiger partial charge in [0.25, 0.3) is 5.56 Å². The van der Waals surface area contributed by atoms with Gasteiger partial charge in [0.15, 0.2) is 0 Å². The Balaban J connectivity index is 2.43. The topological polar surface area (TPSA) is 81.1 Å². The van der Waals surface area contributed by atoms with Gasteiger partial charge in [0.1, 0.15) is 5.84 Å². The van der Waals surface area contributed by atoms with Gasteiger partial charge in [-0.3, -0.25) is 10.2 Å². The molecule has 1 aliphatic rings. The van der Waals surface area contributed by atoms with Gasteiger partial charge in [0.05, 0.1) is 18.2 Å². The molecule has 2 rings (SSSR count). The van der Waals surface area contributed by atoms with E-state index in [2.05, 4.69) is 0 Å². The molecule has 0 radical (unpaired) electrons. The van der Waals surface area contributed by atoms with Crippen LogP contribution in [0.4, 0.5) is 0 Å². The highest BCUT2D eigenvalue weighted by molar-refractivity contribution is 5.95. The molecular weight excluding hydrogens is 230 g/mol. The van der Waals surface area contributed by atoms with Crippen molar-refractivity contribution >= 4 is 5.84 Å². The van der Waals surface area contributed by atoms with Crippen molar-refractivity contribution < 1.29 is 4.74 Å². The molecule has 0 bridgehead atoms. The number of rotatable bonds is 3. The molecule has 1 atom stereocenters. The first-order valence-electron chi connectivity index (χ1n) is 6.17. The lowest BCUT2D eigenvalue weighted by Crippen LogP contribution is -2.34. The largest absolute Gasteiger partial charge is 0.384 e. The van der Waals surface area contributed by atoms with E-state index in [1.54, 1.807) is 4.57 Å². The Labute approximate surface area is 106 Å². The van der Waals surface area contributed by atoms with E-state index in [1.807, 2.05) is 19.9 Å². The third-order valence-corrected chi connectivity index (χ3v) is 3.38. The Bertz CT molecular complexity index is 528. The van der Waals surface area contributed by atoms with Crippen LogP contribution in [0.25, 0.3) is 0 Å². The molecule has 98 valence electrons. The molecule has 0 aromatic carbocycles. The van der Waals surface area contributed by atoms with Crippen LogP contribution in [0.5, 0.6) is 0 Å². The Morgan fingerprint density at radius 1 is 1.61 bits per heavy atom. The predicted octanol–water partition coefficient (Wildman–Crippen LogP) is 0.928. The fourth-order valence-corrected chi connectivity index (χ4v) is 2.47. The van der Waals surface area contributed by atoms with E-state index in [1.165, 1.54) is 0 Å². The number of hydrogen-bond acceptors (Lipinski definition) is 3. The maximum atomic E-state index is 12.3. The van der Waals surface area contributed by atoms with Crippen LogP contribution in [-0.2, 0) is 11.3 Å². The molecule has 0 saturated carbocycles. The van der Waals surface area contributed by atoms with Crippen molar-refractivity contribution in [3.05, 3.63) is 33.2 Å². The second-order valence-corrected chi connectivity index (χ2v) is 4.81. The van der Waals surface area contributed by atoms with E-state index in [0.717, 1.165) is 30.7 Å². The number of nitrogens with two attached hydrogens (primary N) is 1. The summed E-state index contributed by atoms with van der Waals surface area (Å²) in [5.74, 6) is -0.168. The van der Waals surface area contributed by atoms with Crippen molar-refractivity contribution in [3.63, 3.8) is 0 Å². The van der Waals surface area contributed by atoms with Gasteiger partial charge in [0.2, 0.25) is 0 Å². The smallest absolute Gasteiger partial charge is 0.262 e. The molecule has 0 amide bonds. The van der Waals surface area contributed by atoms with E-state index in [0.29, 0.717) is 12.1 Å². The van der Waals surface area contributed by atoms with Crippen LogP contribution in [0.1, 0.15) is 29.7 Å². The molecule has 0 aliphatic carbocycles. The predicted molar refractivity (Wildman–Crippen MR) is 70.2 cm³/mol. The number of nitrogens with zero attached hydrogens (tertiary/aromatic N) is 1. The van der Waals surface area contributed by atoms with Crippen LogP contribution in [-0.4, -0.2) is 23.1 Å². The van der Waals surface area contributed by atoms with Crippen molar-refractivity contribution in [1.82, 2.24) is 4.57 Å². The Kier molecular flexibility index (Phi) is 3.52. The summed E-state index contributed by atoms with van der Waals surface area (Å²) in [7, 11) is 0. The summed E-state index contributed by atoms with van der Waals surface area (Å²) < 4.78 is 7.22. The van der Waals surface area contributed by atoms with Gasteiger partial charge in [0, 0.05) is 12.3 Å². The second kappa shape index (κ2) is 4.94. The highest BCUT2D eigenvalue weighted by Crippen LogP contribution is 2.15. The minimum Gasteiger partial charge on any atom is -0.384 e. The van der Waals surface area contributed by atoms with E-state index in [4.69, 9.17) is 15.9 Å². The molecule has 1 aliphatic heterocycles. The Morgan fingerprint density at radius 2 is 2.33 bits per heavy atom. The molecule has 1 unspecified atom stereocenters. The summed E-state index contributed by atoms with van der Waals surface area (Å²) in [5.41, 5.74) is 7.25. The molecule has 1 saturated heterocycles. The molecule has 0 spiro atoms. The number of ether oxygens (including phenoxy) is 1. The van der Waals surface area contributed by atoms with Crippen molar-refractivity contribution in [2.45, 2.75) is 39.3 Å². The van der Waals surface area contributed by atoms with E-state index < -0.39 is 0 Å². The van der Waals surface area contributed by atoms with Crippen LogP contribution in [0.2, 0.25) is 0 Å². The van der Waals surface area contributed by atoms with Gasteiger partial charge >= 0.3 is 0 Å². The highest BCUT2D eigenvalue weighted by Gasteiger charge is 2.19. The fourth-order valence-electron chi connectivity index (χ4n) is 2.47. The Hall–Kier alpha value is -1.62. The summed E-state index contributed by atoms with van der Waals surface area (Å²) >= 11 is 0. The molecule has 1 fully saturated rings. The fraction of sp³-hybridized carbons (Fsp3) is 0.538. The minimum absolute atomic E-state index is 0.101. The van der Waals surface area contributed by atoms with E-state index in [-0.39, 0.29) is 17.5 Å². The SMILES string of the molecule is Cc1cc(C)n(CC2CCCO2)c(=O)c1C(=N)N. The van der Waals surface area contributed by atoms with Gasteiger partial charge < -0.3 is 15.0 Å². The number of hydrogen-bond donors (Lipinski definition) is 2. The third kappa shape index (κ3) is 2.31. The van der Waals surface area contributed by atoms with Crippen molar-refractivity contribution in [2.24, 2.45) is 5.73 Å². The quantitative estimate of drug-likeness (QED) is 0.617. The number of pyridine rings is 1. The zero-order valence-electron chi connectivity index (χ0n) is 10.8. The number of aryl methyl sites for hydroxylation is 2. The summed E-state index contributed by atoms with van der Waals surface area (Å²) in [4.78, 5) is 12.3. The number of amidine groups is 1. The molecule has 18 heavy (non-hydrogen) atoms. The van der Waals surface area contributed by atoms with Gasteiger partial charge in [-0.2, -0.15) is 0 Å². The lowest BCUT2D eigenvalue weighted by atomic mass is 10.1. The average molecular weight is 249 g/mol. The normalized spacial score (nSPS) is 19.1. The molecular formula is C13H19N3O2. The zero-order valence-corrected chi connectivity index (χ0v) is 10.8. The molecule has 1 aromatic rings. The van der Waals surface area contributed by atoms with Crippen LogP contribution >= 0.6 is 0 Å². The first-order valence-corrected chi connectivity index (χ1v) is 6.17. The van der Waals surface area contributed by atoms with Gasteiger partial charge in [-0.1, -0.05) is 0 Å². The molecule has 5 heteroatoms. The monoisotopic (exact) mass is 249 g/mol. The number of nitrogen functional groups attached to an aromatic ring is 1. The van der Waals surface area contributed by atoms with Crippen molar-refractivity contribution in [1.29, 1.82) is 5.41 Å². The van der Waals surface area contributed by atoms with E-state index >= 15 is 0 Å². The molecule has 5 nitrogen and oxygen atoms in total. The molecule has 1 aromatic heterocycles. The highest BCUT2D eigenvalue weighted by atomic mass is 16.5. The summed E-state index contributed by atoms with van der Waals surface area (Å²) in [6, 6.07) is 1.90. The number of aromatic nitrogens is 1. The third-order valence-electron chi connectivity index (χ3n) is 3.38. The van der Waals surface area contributed by atoms with Crippen LogP contribution in [0.3, 0.4) is 0 Å². The molecule has 3 N–H and O–H groups in total. The van der Waals surface area contributed by atoms with Crippen LogP contribution < -0.4 is 11.3 Å². The van der Waals surface area contributed by atoms with E-state index in [9.17, 15) is 4.79 Å². The van der Waals surface area contributed by atoms with Gasteiger partial charge in [-0.05, 0) is 38.3 Å². The minimum atomic E-state index is -0.185. The maximum Gasteiger partial charge on any atom is 0.262 e. The van der Waals surface area contributed by atoms with Crippen molar-refractivity contribution in [3.8, 4) is 0 Å². The standard InChI is InChI=1S/C13H19N3O2/c1-8-6-9(2)16(7-10-4-3-5-18-10)13(17)11(8)12(14)15/h6,10H,3-5,7H2,1-2H3,(H3,14,15). The van der Waals surface area contributed by atoms with Gasteiger partial charge in [-0.25, -0.2) is 0 Å². The zero-order chi connectivity index (χ0) is 13.3. The maximum absolute atomic E-state index is 12.3. The number of nitrogens with one attached hydrogen (secondary N) is 1. The summed E-state index contributed by atoms with van der Waals surface area (Å²) in [6.45, 7) is 5.02. The van der Waals surface area contributed by atoms with Crippen LogP contribution in [0.15, 0.2) is 10.9 Å².